The van der Waals surface area contributed by atoms with E-state index < -0.39 is 0 Å². The molecule has 5 heteroatoms. The largest absolute Gasteiger partial charge is 0.462 e. The van der Waals surface area contributed by atoms with Gasteiger partial charge in [0.2, 0.25) is 0 Å². The van der Waals surface area contributed by atoms with Crippen LogP contribution in [0.4, 0.5) is 5.69 Å². The van der Waals surface area contributed by atoms with E-state index in [2.05, 4.69) is 0 Å². The van der Waals surface area contributed by atoms with Gasteiger partial charge in [-0.3, -0.25) is 0 Å². The van der Waals surface area contributed by atoms with Crippen LogP contribution in [0.3, 0.4) is 0 Å². The summed E-state index contributed by atoms with van der Waals surface area (Å²) in [7, 11) is 0. The average Bonchev–Trinajstić information content (AvgIpc) is 2.90. The third kappa shape index (κ3) is 2.21. The van der Waals surface area contributed by atoms with Gasteiger partial charge in [-0.2, -0.15) is 0 Å². The Kier molecular flexibility index (Phi) is 3.49. The molecule has 2 aromatic rings. The van der Waals surface area contributed by atoms with E-state index in [1.165, 1.54) is 11.3 Å². The number of hydrogen-bond donors (Lipinski definition) is 1. The van der Waals surface area contributed by atoms with E-state index in [0.29, 0.717) is 17.2 Å². The van der Waals surface area contributed by atoms with Crippen molar-refractivity contribution in [1.82, 2.24) is 0 Å². The van der Waals surface area contributed by atoms with Crippen molar-refractivity contribution in [1.29, 1.82) is 0 Å². The minimum Gasteiger partial charge on any atom is -0.462 e. The Morgan fingerprint density at radius 2 is 2.29 bits per heavy atom. The number of thiophene rings is 2. The minimum absolute atomic E-state index is 0.332. The van der Waals surface area contributed by atoms with Crippen LogP contribution in [-0.4, -0.2) is 12.6 Å². The van der Waals surface area contributed by atoms with E-state index in [1.807, 2.05) is 24.4 Å². The lowest BCUT2D eigenvalue weighted by Crippen LogP contribution is -2.05. The van der Waals surface area contributed by atoms with Gasteiger partial charge in [-0.05, 0) is 30.9 Å². The summed E-state index contributed by atoms with van der Waals surface area (Å²) in [5, 5.41) is 2.01. The molecule has 0 spiro atoms. The highest BCUT2D eigenvalue weighted by Gasteiger charge is 2.20. The first-order chi connectivity index (χ1) is 8.15. The maximum atomic E-state index is 11.7. The Bertz CT molecular complexity index is 529. The third-order valence-electron chi connectivity index (χ3n) is 2.40. The van der Waals surface area contributed by atoms with Gasteiger partial charge in [-0.15, -0.1) is 22.7 Å². The van der Waals surface area contributed by atoms with Gasteiger partial charge in [0.05, 0.1) is 17.2 Å². The van der Waals surface area contributed by atoms with Crippen LogP contribution >= 0.6 is 22.7 Å². The summed E-state index contributed by atoms with van der Waals surface area (Å²) in [5.41, 5.74) is 7.45. The predicted octanol–water partition coefficient (Wildman–Crippen LogP) is 3.54. The lowest BCUT2D eigenvalue weighted by atomic mass is 10.2. The van der Waals surface area contributed by atoms with Crippen LogP contribution in [0, 0.1) is 6.92 Å². The fourth-order valence-corrected chi connectivity index (χ4v) is 3.55. The van der Waals surface area contributed by atoms with E-state index in [4.69, 9.17) is 10.5 Å². The van der Waals surface area contributed by atoms with Crippen molar-refractivity contribution in [3.8, 4) is 9.75 Å². The second-order valence-corrected chi connectivity index (χ2v) is 5.47. The lowest BCUT2D eigenvalue weighted by Gasteiger charge is -1.99. The van der Waals surface area contributed by atoms with Crippen LogP contribution in [0.1, 0.15) is 22.2 Å². The molecule has 0 amide bonds. The molecule has 0 atom stereocenters. The fraction of sp³-hybridized carbons (Fsp3) is 0.250. The van der Waals surface area contributed by atoms with Gasteiger partial charge >= 0.3 is 5.97 Å². The summed E-state index contributed by atoms with van der Waals surface area (Å²) >= 11 is 3.04. The molecule has 0 aliphatic carbocycles. The molecule has 0 unspecified atom stereocenters. The van der Waals surface area contributed by atoms with Crippen LogP contribution in [0.15, 0.2) is 17.5 Å². The first-order valence-electron chi connectivity index (χ1n) is 5.25. The van der Waals surface area contributed by atoms with Gasteiger partial charge in [-0.1, -0.05) is 6.07 Å². The van der Waals surface area contributed by atoms with Crippen LogP contribution in [0.2, 0.25) is 0 Å². The van der Waals surface area contributed by atoms with Crippen LogP contribution in [0.25, 0.3) is 9.75 Å². The molecule has 2 rings (SSSR count). The Labute approximate surface area is 108 Å². The summed E-state index contributed by atoms with van der Waals surface area (Å²) in [6, 6.07) is 4.01. The smallest absolute Gasteiger partial charge is 0.350 e. The highest BCUT2D eigenvalue weighted by Crippen LogP contribution is 2.40. The number of carbonyl (C=O) groups excluding carboxylic acids is 1. The van der Waals surface area contributed by atoms with E-state index in [9.17, 15) is 4.79 Å². The second kappa shape index (κ2) is 4.89. The fourth-order valence-electron chi connectivity index (χ4n) is 1.52. The van der Waals surface area contributed by atoms with Crippen molar-refractivity contribution in [3.63, 3.8) is 0 Å². The van der Waals surface area contributed by atoms with Gasteiger partial charge in [0.15, 0.2) is 0 Å². The molecule has 0 aliphatic heterocycles. The van der Waals surface area contributed by atoms with E-state index in [-0.39, 0.29) is 5.97 Å². The molecule has 0 aliphatic rings. The summed E-state index contributed by atoms with van der Waals surface area (Å²) in [5.74, 6) is -0.332. The van der Waals surface area contributed by atoms with Crippen molar-refractivity contribution in [2.75, 3.05) is 12.3 Å². The number of hydrogen-bond acceptors (Lipinski definition) is 5. The molecule has 2 aromatic heterocycles. The lowest BCUT2D eigenvalue weighted by molar-refractivity contribution is 0.0533. The van der Waals surface area contributed by atoms with E-state index in [0.717, 1.165) is 15.3 Å². The number of carbonyl (C=O) groups is 1. The topological polar surface area (TPSA) is 52.3 Å². The molecule has 0 aromatic carbocycles. The third-order valence-corrected chi connectivity index (χ3v) is 4.74. The number of nitrogens with two attached hydrogens (primary N) is 1. The highest BCUT2D eigenvalue weighted by atomic mass is 32.1. The van der Waals surface area contributed by atoms with Crippen molar-refractivity contribution >= 4 is 34.3 Å². The predicted molar refractivity (Wildman–Crippen MR) is 72.7 cm³/mol. The van der Waals surface area contributed by atoms with Crippen LogP contribution in [-0.2, 0) is 4.74 Å². The molecule has 17 heavy (non-hydrogen) atoms. The quantitative estimate of drug-likeness (QED) is 0.865. The molecule has 0 radical (unpaired) electrons. The van der Waals surface area contributed by atoms with Crippen molar-refractivity contribution in [3.05, 3.63) is 28.0 Å². The number of anilines is 1. The zero-order valence-corrected chi connectivity index (χ0v) is 11.3. The standard InChI is InChI=1S/C12H13NO2S2/c1-3-15-12(14)11-9(13)7(2)10(17-11)8-5-4-6-16-8/h4-6H,3,13H2,1-2H3. The Morgan fingerprint density at radius 3 is 2.88 bits per heavy atom. The van der Waals surface area contributed by atoms with Crippen LogP contribution in [0.5, 0.6) is 0 Å². The summed E-state index contributed by atoms with van der Waals surface area (Å²) in [6.07, 6.45) is 0. The Balaban J connectivity index is 2.44. The van der Waals surface area contributed by atoms with Gasteiger partial charge in [0.1, 0.15) is 4.88 Å². The first kappa shape index (κ1) is 12.1. The maximum Gasteiger partial charge on any atom is 0.350 e. The summed E-state index contributed by atoms with van der Waals surface area (Å²) in [6.45, 7) is 4.09. The van der Waals surface area contributed by atoms with E-state index >= 15 is 0 Å². The molecule has 0 bridgehead atoms. The molecule has 0 fully saturated rings. The molecule has 90 valence electrons. The Morgan fingerprint density at radius 1 is 1.53 bits per heavy atom. The van der Waals surface area contributed by atoms with Crippen LogP contribution < -0.4 is 5.73 Å². The van der Waals surface area contributed by atoms with Gasteiger partial charge in [0, 0.05) is 4.88 Å². The number of rotatable bonds is 3. The van der Waals surface area contributed by atoms with Gasteiger partial charge < -0.3 is 10.5 Å². The monoisotopic (exact) mass is 267 g/mol. The zero-order chi connectivity index (χ0) is 12.4. The molecular formula is C12H13NO2S2. The second-order valence-electron chi connectivity index (χ2n) is 3.50. The Hall–Kier alpha value is -1.33. The summed E-state index contributed by atoms with van der Waals surface area (Å²) < 4.78 is 4.99. The molecule has 0 saturated heterocycles. The molecule has 3 nitrogen and oxygen atoms in total. The van der Waals surface area contributed by atoms with E-state index in [1.54, 1.807) is 18.3 Å². The first-order valence-corrected chi connectivity index (χ1v) is 6.94. The highest BCUT2D eigenvalue weighted by molar-refractivity contribution is 7.22. The van der Waals surface area contributed by atoms with Gasteiger partial charge in [0.25, 0.3) is 0 Å². The number of ether oxygens (including phenoxy) is 1. The molecule has 2 N–H and O–H groups in total. The minimum atomic E-state index is -0.332. The number of nitrogen functional groups attached to an aromatic ring is 1. The SMILES string of the molecule is CCOC(=O)c1sc(-c2cccs2)c(C)c1N. The average molecular weight is 267 g/mol. The van der Waals surface area contributed by atoms with Crippen molar-refractivity contribution in [2.45, 2.75) is 13.8 Å². The summed E-state index contributed by atoms with van der Waals surface area (Å²) in [4.78, 5) is 14.4. The molecular weight excluding hydrogens is 254 g/mol. The van der Waals surface area contributed by atoms with Crippen molar-refractivity contribution in [2.24, 2.45) is 0 Å². The number of esters is 1. The zero-order valence-electron chi connectivity index (χ0n) is 9.65. The van der Waals surface area contributed by atoms with Gasteiger partial charge in [-0.25, -0.2) is 4.79 Å². The molecule has 0 saturated carbocycles. The van der Waals surface area contributed by atoms with Crippen molar-refractivity contribution < 1.29 is 9.53 Å². The normalized spacial score (nSPS) is 10.5. The molecule has 2 heterocycles. The maximum absolute atomic E-state index is 11.7.